The Balaban J connectivity index is 1.85. The van der Waals surface area contributed by atoms with Crippen molar-refractivity contribution in [2.24, 2.45) is 10.5 Å². The van der Waals surface area contributed by atoms with Gasteiger partial charge in [0.2, 0.25) is 0 Å². The molecular weight excluding hydrogens is 364 g/mol. The second-order valence-corrected chi connectivity index (χ2v) is 7.38. The van der Waals surface area contributed by atoms with E-state index in [0.29, 0.717) is 13.0 Å². The number of hydrogen-bond acceptors (Lipinski definition) is 5. The van der Waals surface area contributed by atoms with Gasteiger partial charge in [0.25, 0.3) is 0 Å². The maximum atomic E-state index is 13.2. The van der Waals surface area contributed by atoms with Crippen molar-refractivity contribution in [3.8, 4) is 5.75 Å². The predicted octanol–water partition coefficient (Wildman–Crippen LogP) is 4.93. The minimum absolute atomic E-state index is 0.159. The van der Waals surface area contributed by atoms with Gasteiger partial charge >= 0.3 is 5.97 Å². The Hall–Kier alpha value is -3.08. The first-order chi connectivity index (χ1) is 14.2. The van der Waals surface area contributed by atoms with E-state index in [4.69, 9.17) is 14.6 Å². The lowest BCUT2D eigenvalue weighted by molar-refractivity contribution is -0.153. The molecule has 29 heavy (non-hydrogen) atoms. The number of benzene rings is 2. The molecule has 0 spiro atoms. The second-order valence-electron chi connectivity index (χ2n) is 7.38. The van der Waals surface area contributed by atoms with Gasteiger partial charge in [-0.05, 0) is 68.1 Å². The highest BCUT2D eigenvalue weighted by Crippen LogP contribution is 2.48. The molecule has 1 unspecified atom stereocenters. The quantitative estimate of drug-likeness (QED) is 0.680. The number of hydrazone groups is 1. The highest BCUT2D eigenvalue weighted by molar-refractivity contribution is 6.06. The van der Waals surface area contributed by atoms with E-state index < -0.39 is 5.41 Å². The van der Waals surface area contributed by atoms with Crippen LogP contribution < -0.4 is 9.75 Å². The molecule has 1 aliphatic heterocycles. The van der Waals surface area contributed by atoms with Crippen molar-refractivity contribution in [1.29, 1.82) is 0 Å². The maximum Gasteiger partial charge on any atom is 0.318 e. The minimum Gasteiger partial charge on any atom is -0.497 e. The number of allylic oxidation sites excluding steroid dienone is 1. The molecule has 5 heteroatoms. The number of ether oxygens (including phenoxy) is 2. The number of esters is 1. The van der Waals surface area contributed by atoms with Gasteiger partial charge in [-0.15, -0.1) is 0 Å². The normalized spacial score (nSPS) is 21.0. The molecule has 0 saturated carbocycles. The van der Waals surface area contributed by atoms with Gasteiger partial charge < -0.3 is 9.47 Å². The van der Waals surface area contributed by atoms with Crippen LogP contribution in [0.2, 0.25) is 0 Å². The summed E-state index contributed by atoms with van der Waals surface area (Å²) in [6, 6.07) is 17.8. The van der Waals surface area contributed by atoms with Gasteiger partial charge in [-0.3, -0.25) is 4.79 Å². The number of para-hydroxylation sites is 1. The lowest BCUT2D eigenvalue weighted by atomic mass is 9.70. The summed E-state index contributed by atoms with van der Waals surface area (Å²) in [6.45, 7) is 2.23. The van der Waals surface area contributed by atoms with Gasteiger partial charge in [0, 0.05) is 6.42 Å². The molecule has 2 aromatic carbocycles. The van der Waals surface area contributed by atoms with Crippen LogP contribution in [0.25, 0.3) is 0 Å². The van der Waals surface area contributed by atoms with Crippen LogP contribution in [-0.2, 0) is 9.53 Å². The molecule has 0 radical (unpaired) electrons. The van der Waals surface area contributed by atoms with E-state index in [1.807, 2.05) is 66.5 Å². The summed E-state index contributed by atoms with van der Waals surface area (Å²) in [5.74, 6) is 0.635. The first-order valence-electron chi connectivity index (χ1n) is 10.1. The number of hydrogen-bond donors (Lipinski definition) is 0. The second kappa shape index (κ2) is 8.11. The summed E-state index contributed by atoms with van der Waals surface area (Å²) >= 11 is 0. The molecule has 2 aromatic rings. The van der Waals surface area contributed by atoms with Crippen LogP contribution in [0.4, 0.5) is 5.69 Å². The van der Waals surface area contributed by atoms with Crippen LogP contribution in [0.3, 0.4) is 0 Å². The number of methoxy groups -OCH3 is 1. The Morgan fingerprint density at radius 2 is 1.90 bits per heavy atom. The van der Waals surface area contributed by atoms with E-state index >= 15 is 0 Å². The predicted molar refractivity (Wildman–Crippen MR) is 114 cm³/mol. The van der Waals surface area contributed by atoms with E-state index in [0.717, 1.165) is 47.7 Å². The van der Waals surface area contributed by atoms with Crippen LogP contribution in [0.15, 0.2) is 71.5 Å². The van der Waals surface area contributed by atoms with Crippen molar-refractivity contribution < 1.29 is 14.3 Å². The third-order valence-corrected chi connectivity index (χ3v) is 5.64. The third-order valence-electron chi connectivity index (χ3n) is 5.64. The molecule has 0 amide bonds. The molecule has 1 atom stereocenters. The van der Waals surface area contributed by atoms with Crippen LogP contribution in [0.1, 0.15) is 38.2 Å². The highest BCUT2D eigenvalue weighted by atomic mass is 16.5. The number of carbonyl (C=O) groups excluding carboxylic acids is 1. The van der Waals surface area contributed by atoms with E-state index in [9.17, 15) is 4.79 Å². The molecule has 150 valence electrons. The largest absolute Gasteiger partial charge is 0.497 e. The summed E-state index contributed by atoms with van der Waals surface area (Å²) in [7, 11) is 1.65. The zero-order valence-electron chi connectivity index (χ0n) is 16.9. The molecule has 0 aromatic heterocycles. The van der Waals surface area contributed by atoms with Crippen LogP contribution >= 0.6 is 0 Å². The lowest BCUT2D eigenvalue weighted by Gasteiger charge is -2.44. The SMILES string of the molecule is CCOC(=O)C12CCCC=C1N(c1ccccc1)N=C(c1ccc(OC)cc1)C2. The zero-order valence-corrected chi connectivity index (χ0v) is 16.9. The Morgan fingerprint density at radius 3 is 2.59 bits per heavy atom. The molecule has 1 heterocycles. The Kier molecular flexibility index (Phi) is 5.38. The summed E-state index contributed by atoms with van der Waals surface area (Å²) in [5, 5.41) is 6.91. The third kappa shape index (κ3) is 3.53. The molecule has 0 fully saturated rings. The van der Waals surface area contributed by atoms with Crippen LogP contribution in [0, 0.1) is 5.41 Å². The smallest absolute Gasteiger partial charge is 0.318 e. The van der Waals surface area contributed by atoms with E-state index in [2.05, 4.69) is 6.08 Å². The van der Waals surface area contributed by atoms with Crippen molar-refractivity contribution in [3.63, 3.8) is 0 Å². The fraction of sp³-hybridized carbons (Fsp3) is 0.333. The van der Waals surface area contributed by atoms with Gasteiger partial charge in [-0.1, -0.05) is 24.3 Å². The fourth-order valence-electron chi connectivity index (χ4n) is 4.19. The standard InChI is InChI=1S/C24H26N2O3/c1-3-29-23(27)24-16-8-7-11-22(24)26(19-9-5-4-6-10-19)25-21(17-24)18-12-14-20(28-2)15-13-18/h4-6,9-15H,3,7-8,16-17H2,1-2H3. The number of rotatable bonds is 5. The number of nitrogens with zero attached hydrogens (tertiary/aromatic N) is 2. The van der Waals surface area contributed by atoms with E-state index in [1.165, 1.54) is 0 Å². The Morgan fingerprint density at radius 1 is 1.14 bits per heavy atom. The van der Waals surface area contributed by atoms with Crippen molar-refractivity contribution >= 4 is 17.4 Å². The molecule has 1 aliphatic carbocycles. The van der Waals surface area contributed by atoms with Gasteiger partial charge in [0.05, 0.1) is 30.8 Å². The maximum absolute atomic E-state index is 13.2. The summed E-state index contributed by atoms with van der Waals surface area (Å²) in [5.41, 5.74) is 3.04. The number of anilines is 1. The van der Waals surface area contributed by atoms with Crippen LogP contribution in [-0.4, -0.2) is 25.4 Å². The fourth-order valence-corrected chi connectivity index (χ4v) is 4.19. The van der Waals surface area contributed by atoms with E-state index in [1.54, 1.807) is 7.11 Å². The van der Waals surface area contributed by atoms with Gasteiger partial charge in [-0.25, -0.2) is 5.01 Å². The molecule has 0 N–H and O–H groups in total. The van der Waals surface area contributed by atoms with Crippen molar-refractivity contribution in [2.45, 2.75) is 32.6 Å². The Labute approximate surface area is 171 Å². The first-order valence-corrected chi connectivity index (χ1v) is 10.1. The summed E-state index contributed by atoms with van der Waals surface area (Å²) in [6.07, 6.45) is 5.35. The van der Waals surface area contributed by atoms with Crippen LogP contribution in [0.5, 0.6) is 5.75 Å². The summed E-state index contributed by atoms with van der Waals surface area (Å²) in [4.78, 5) is 13.2. The molecule has 5 nitrogen and oxygen atoms in total. The van der Waals surface area contributed by atoms with Gasteiger partial charge in [0.1, 0.15) is 11.2 Å². The number of fused-ring (bicyclic) bond motifs is 1. The molecule has 0 saturated heterocycles. The molecule has 0 bridgehead atoms. The molecular formula is C24H26N2O3. The minimum atomic E-state index is -0.707. The average Bonchev–Trinajstić information content (AvgIpc) is 2.79. The topological polar surface area (TPSA) is 51.1 Å². The van der Waals surface area contributed by atoms with Crippen molar-refractivity contribution in [1.82, 2.24) is 0 Å². The Bertz CT molecular complexity index is 934. The number of carbonyl (C=O) groups is 1. The van der Waals surface area contributed by atoms with Crippen molar-refractivity contribution in [3.05, 3.63) is 71.9 Å². The van der Waals surface area contributed by atoms with E-state index in [-0.39, 0.29) is 5.97 Å². The van der Waals surface area contributed by atoms with Crippen molar-refractivity contribution in [2.75, 3.05) is 18.7 Å². The first kappa shape index (κ1) is 19.2. The summed E-state index contributed by atoms with van der Waals surface area (Å²) < 4.78 is 10.9. The van der Waals surface area contributed by atoms with Gasteiger partial charge in [0.15, 0.2) is 0 Å². The highest BCUT2D eigenvalue weighted by Gasteiger charge is 2.50. The zero-order chi connectivity index (χ0) is 20.3. The monoisotopic (exact) mass is 390 g/mol. The van der Waals surface area contributed by atoms with Gasteiger partial charge in [-0.2, -0.15) is 5.10 Å². The molecule has 4 rings (SSSR count). The average molecular weight is 390 g/mol. The molecule has 2 aliphatic rings. The lowest BCUT2D eigenvalue weighted by Crippen LogP contribution is -2.47.